The van der Waals surface area contributed by atoms with E-state index >= 15 is 0 Å². The standard InChI is InChI=1S/C17H24N4O2/c1-20-12-6-7-14(20)9-11-19-17(22)21(2)16(13-23-3)15-8-4-5-10-18-15/h4-8,10,12,16H,9,11,13H2,1-3H3,(H,19,22)/t16-/m1/s1. The lowest BCUT2D eigenvalue weighted by molar-refractivity contribution is 0.114. The molecule has 124 valence electrons. The van der Waals surface area contributed by atoms with E-state index in [1.807, 2.05) is 37.5 Å². The summed E-state index contributed by atoms with van der Waals surface area (Å²) in [7, 11) is 5.38. The van der Waals surface area contributed by atoms with Gasteiger partial charge in [0.1, 0.15) is 0 Å². The minimum absolute atomic E-state index is 0.132. The first-order valence-corrected chi connectivity index (χ1v) is 7.64. The van der Waals surface area contributed by atoms with Gasteiger partial charge >= 0.3 is 6.03 Å². The number of nitrogens with zero attached hydrogens (tertiary/aromatic N) is 3. The van der Waals surface area contributed by atoms with Crippen molar-refractivity contribution in [2.45, 2.75) is 12.5 Å². The molecule has 2 rings (SSSR count). The quantitative estimate of drug-likeness (QED) is 0.850. The van der Waals surface area contributed by atoms with Crippen LogP contribution in [0.5, 0.6) is 0 Å². The van der Waals surface area contributed by atoms with Crippen LogP contribution >= 0.6 is 0 Å². The second-order valence-electron chi connectivity index (χ2n) is 5.43. The van der Waals surface area contributed by atoms with Gasteiger partial charge in [0.15, 0.2) is 0 Å². The lowest BCUT2D eigenvalue weighted by atomic mass is 10.2. The summed E-state index contributed by atoms with van der Waals surface area (Å²) >= 11 is 0. The van der Waals surface area contributed by atoms with Crippen LogP contribution in [0.1, 0.15) is 17.4 Å². The van der Waals surface area contributed by atoms with E-state index in [1.165, 1.54) is 5.69 Å². The van der Waals surface area contributed by atoms with Crippen LogP contribution in [0.4, 0.5) is 4.79 Å². The van der Waals surface area contributed by atoms with Crippen LogP contribution in [-0.2, 0) is 18.2 Å². The first-order valence-electron chi connectivity index (χ1n) is 7.64. The molecule has 1 N–H and O–H groups in total. The number of nitrogens with one attached hydrogen (secondary N) is 1. The van der Waals surface area contributed by atoms with Crippen LogP contribution in [0.15, 0.2) is 42.7 Å². The first kappa shape index (κ1) is 17.0. The number of pyridine rings is 1. The molecule has 0 bridgehead atoms. The number of hydrogen-bond acceptors (Lipinski definition) is 3. The Morgan fingerprint density at radius 2 is 2.22 bits per heavy atom. The summed E-state index contributed by atoms with van der Waals surface area (Å²) in [5.41, 5.74) is 2.00. The van der Waals surface area contributed by atoms with Crippen LogP contribution in [0.2, 0.25) is 0 Å². The zero-order valence-electron chi connectivity index (χ0n) is 13.9. The molecule has 0 aliphatic heterocycles. The van der Waals surface area contributed by atoms with E-state index in [-0.39, 0.29) is 12.1 Å². The van der Waals surface area contributed by atoms with Gasteiger partial charge in [-0.1, -0.05) is 6.07 Å². The molecule has 23 heavy (non-hydrogen) atoms. The van der Waals surface area contributed by atoms with E-state index < -0.39 is 0 Å². The molecule has 0 fully saturated rings. The Kier molecular flexibility index (Phi) is 6.17. The van der Waals surface area contributed by atoms with Crippen molar-refractivity contribution in [1.82, 2.24) is 19.8 Å². The van der Waals surface area contributed by atoms with E-state index in [2.05, 4.69) is 20.9 Å². The van der Waals surface area contributed by atoms with Crippen molar-refractivity contribution in [3.05, 3.63) is 54.1 Å². The van der Waals surface area contributed by atoms with Crippen LogP contribution in [-0.4, -0.2) is 47.8 Å². The van der Waals surface area contributed by atoms with Crippen LogP contribution < -0.4 is 5.32 Å². The third-order valence-electron chi connectivity index (χ3n) is 3.85. The number of methoxy groups -OCH3 is 1. The van der Waals surface area contributed by atoms with E-state index in [0.29, 0.717) is 13.2 Å². The Hall–Kier alpha value is -2.34. The van der Waals surface area contributed by atoms with Gasteiger partial charge < -0.3 is 19.5 Å². The first-order chi connectivity index (χ1) is 11.1. The van der Waals surface area contributed by atoms with Crippen molar-refractivity contribution in [2.24, 2.45) is 7.05 Å². The molecule has 0 aliphatic carbocycles. The number of rotatable bonds is 7. The monoisotopic (exact) mass is 316 g/mol. The van der Waals surface area contributed by atoms with Crippen molar-refractivity contribution in [3.63, 3.8) is 0 Å². The SMILES string of the molecule is COC[C@H](c1ccccn1)N(C)C(=O)NCCc1cccn1C. The summed E-state index contributed by atoms with van der Waals surface area (Å²) in [6.07, 6.45) is 4.51. The second kappa shape index (κ2) is 8.33. The molecule has 2 aromatic rings. The zero-order valence-corrected chi connectivity index (χ0v) is 13.9. The topological polar surface area (TPSA) is 59.4 Å². The summed E-state index contributed by atoms with van der Waals surface area (Å²) in [5, 5.41) is 2.95. The summed E-state index contributed by atoms with van der Waals surface area (Å²) in [6, 6.07) is 9.37. The maximum Gasteiger partial charge on any atom is 0.317 e. The number of amides is 2. The van der Waals surface area contributed by atoms with Crippen molar-refractivity contribution >= 4 is 6.03 Å². The third-order valence-corrected chi connectivity index (χ3v) is 3.85. The summed E-state index contributed by atoms with van der Waals surface area (Å²) in [5.74, 6) is 0. The molecule has 2 aromatic heterocycles. The predicted octanol–water partition coefficient (Wildman–Crippen LogP) is 1.99. The van der Waals surface area contributed by atoms with Gasteiger partial charge in [-0.25, -0.2) is 4.79 Å². The number of likely N-dealkylation sites (N-methyl/N-ethyl adjacent to an activating group) is 1. The predicted molar refractivity (Wildman–Crippen MR) is 89.1 cm³/mol. The normalized spacial score (nSPS) is 12.0. The van der Waals surface area contributed by atoms with Crippen molar-refractivity contribution < 1.29 is 9.53 Å². The summed E-state index contributed by atoms with van der Waals surface area (Å²) in [6.45, 7) is 0.988. The number of urea groups is 1. The molecule has 0 radical (unpaired) electrons. The highest BCUT2D eigenvalue weighted by molar-refractivity contribution is 5.74. The van der Waals surface area contributed by atoms with Gasteiger partial charge in [-0.15, -0.1) is 0 Å². The van der Waals surface area contributed by atoms with E-state index in [4.69, 9.17) is 4.74 Å². The zero-order chi connectivity index (χ0) is 16.7. The molecule has 0 aromatic carbocycles. The number of hydrogen-bond donors (Lipinski definition) is 1. The van der Waals surface area contributed by atoms with Gasteiger partial charge in [0, 0.05) is 52.3 Å². The van der Waals surface area contributed by atoms with Gasteiger partial charge in [-0.3, -0.25) is 4.98 Å². The highest BCUT2D eigenvalue weighted by Gasteiger charge is 2.22. The summed E-state index contributed by atoms with van der Waals surface area (Å²) < 4.78 is 7.30. The average Bonchev–Trinajstić information content (AvgIpc) is 2.98. The minimum atomic E-state index is -0.212. The molecule has 2 amide bonds. The fourth-order valence-electron chi connectivity index (χ4n) is 2.45. The molecular formula is C17H24N4O2. The lowest BCUT2D eigenvalue weighted by Gasteiger charge is -2.27. The van der Waals surface area contributed by atoms with E-state index in [1.54, 1.807) is 25.3 Å². The maximum atomic E-state index is 12.4. The number of carbonyl (C=O) groups is 1. The lowest BCUT2D eigenvalue weighted by Crippen LogP contribution is -2.42. The van der Waals surface area contributed by atoms with Crippen LogP contribution in [0, 0.1) is 0 Å². The van der Waals surface area contributed by atoms with Crippen molar-refractivity contribution in [1.29, 1.82) is 0 Å². The Morgan fingerprint density at radius 3 is 2.83 bits per heavy atom. The molecule has 6 nitrogen and oxygen atoms in total. The molecule has 2 heterocycles. The Balaban J connectivity index is 1.92. The number of ether oxygens (including phenoxy) is 1. The van der Waals surface area contributed by atoms with Crippen molar-refractivity contribution in [3.8, 4) is 0 Å². The van der Waals surface area contributed by atoms with Gasteiger partial charge in [0.2, 0.25) is 0 Å². The molecule has 0 aliphatic rings. The Bertz CT molecular complexity index is 612. The molecule has 1 atom stereocenters. The van der Waals surface area contributed by atoms with Crippen molar-refractivity contribution in [2.75, 3.05) is 27.3 Å². The van der Waals surface area contributed by atoms with E-state index in [0.717, 1.165) is 12.1 Å². The Labute approximate surface area is 137 Å². The number of aromatic nitrogens is 2. The van der Waals surface area contributed by atoms with Gasteiger partial charge in [0.25, 0.3) is 0 Å². The highest BCUT2D eigenvalue weighted by Crippen LogP contribution is 2.17. The molecular weight excluding hydrogens is 292 g/mol. The smallest absolute Gasteiger partial charge is 0.317 e. The highest BCUT2D eigenvalue weighted by atomic mass is 16.5. The fraction of sp³-hybridized carbons (Fsp3) is 0.412. The molecule has 0 saturated heterocycles. The van der Waals surface area contributed by atoms with Gasteiger partial charge in [-0.05, 0) is 24.3 Å². The molecule has 0 saturated carbocycles. The van der Waals surface area contributed by atoms with Gasteiger partial charge in [-0.2, -0.15) is 0 Å². The minimum Gasteiger partial charge on any atom is -0.382 e. The second-order valence-corrected chi connectivity index (χ2v) is 5.43. The van der Waals surface area contributed by atoms with Crippen LogP contribution in [0.3, 0.4) is 0 Å². The summed E-state index contributed by atoms with van der Waals surface area (Å²) in [4.78, 5) is 18.3. The molecule has 0 spiro atoms. The largest absolute Gasteiger partial charge is 0.382 e. The number of aryl methyl sites for hydroxylation is 1. The molecule has 0 unspecified atom stereocenters. The third kappa shape index (κ3) is 4.56. The van der Waals surface area contributed by atoms with Gasteiger partial charge in [0.05, 0.1) is 18.3 Å². The fourth-order valence-corrected chi connectivity index (χ4v) is 2.45. The van der Waals surface area contributed by atoms with E-state index in [9.17, 15) is 4.79 Å². The maximum absolute atomic E-state index is 12.4. The molecule has 6 heteroatoms. The van der Waals surface area contributed by atoms with Crippen LogP contribution in [0.25, 0.3) is 0 Å². The average molecular weight is 316 g/mol. The Morgan fingerprint density at radius 1 is 1.39 bits per heavy atom. The number of carbonyl (C=O) groups excluding carboxylic acids is 1.